The van der Waals surface area contributed by atoms with Crippen LogP contribution in [0.15, 0.2) is 48.5 Å². The van der Waals surface area contributed by atoms with Crippen molar-refractivity contribution in [3.63, 3.8) is 0 Å². The van der Waals surface area contributed by atoms with E-state index in [9.17, 15) is 14.0 Å². The van der Waals surface area contributed by atoms with Gasteiger partial charge in [0.05, 0.1) is 4.58 Å². The van der Waals surface area contributed by atoms with Crippen molar-refractivity contribution in [2.24, 2.45) is 0 Å². The summed E-state index contributed by atoms with van der Waals surface area (Å²) >= 11 is 3.77. The largest absolute Gasteiger partial charge is 0.480 e. The molecule has 0 aliphatic carbocycles. The molecule has 0 saturated carbocycles. The van der Waals surface area contributed by atoms with Crippen LogP contribution < -0.4 is 0 Å². The number of amides is 1. The molecule has 0 unspecified atom stereocenters. The molecular formula is C19H18FNO3S2. The quantitative estimate of drug-likeness (QED) is 0.806. The number of carbonyl (C=O) groups excluding carboxylic acids is 1. The molecule has 26 heavy (non-hydrogen) atoms. The Morgan fingerprint density at radius 3 is 2.23 bits per heavy atom. The maximum Gasteiger partial charge on any atom is 0.323 e. The van der Waals surface area contributed by atoms with Crippen molar-refractivity contribution in [2.45, 2.75) is 11.1 Å². The van der Waals surface area contributed by atoms with Crippen molar-refractivity contribution >= 4 is 35.4 Å². The number of aliphatic carboxylic acids is 1. The normalized spacial score (nSPS) is 14.3. The molecule has 2 aromatic carbocycles. The van der Waals surface area contributed by atoms with Gasteiger partial charge < -0.3 is 10.0 Å². The first-order valence-electron chi connectivity index (χ1n) is 8.11. The monoisotopic (exact) mass is 391 g/mol. The molecule has 1 fully saturated rings. The number of carboxylic acid groups (broad SMARTS) is 1. The van der Waals surface area contributed by atoms with Crippen molar-refractivity contribution in [3.05, 3.63) is 71.0 Å². The fraction of sp³-hybridized carbons (Fsp3) is 0.263. The molecule has 0 radical (unpaired) electrons. The summed E-state index contributed by atoms with van der Waals surface area (Å²) in [5.74, 6) is 0.439. The highest BCUT2D eigenvalue weighted by atomic mass is 32.2. The lowest BCUT2D eigenvalue weighted by Crippen LogP contribution is -2.35. The topological polar surface area (TPSA) is 57.6 Å². The van der Waals surface area contributed by atoms with Crippen LogP contribution in [0.4, 0.5) is 4.39 Å². The fourth-order valence-corrected chi connectivity index (χ4v) is 5.55. The number of carboxylic acids is 1. The predicted molar refractivity (Wildman–Crippen MR) is 103 cm³/mol. The number of carbonyl (C=O) groups is 2. The number of thioether (sulfide) groups is 2. The van der Waals surface area contributed by atoms with Gasteiger partial charge in [-0.3, -0.25) is 9.59 Å². The average Bonchev–Trinajstić information content (AvgIpc) is 3.17. The average molecular weight is 391 g/mol. The number of halogens is 1. The molecule has 0 aromatic heterocycles. The van der Waals surface area contributed by atoms with Gasteiger partial charge >= 0.3 is 5.97 Å². The molecule has 1 aliphatic rings. The summed E-state index contributed by atoms with van der Waals surface area (Å²) < 4.78 is 13.4. The third kappa shape index (κ3) is 4.80. The summed E-state index contributed by atoms with van der Waals surface area (Å²) in [6.07, 6.45) is 0. The Labute approximate surface area is 159 Å². The van der Waals surface area contributed by atoms with Crippen LogP contribution in [0.25, 0.3) is 0 Å². The molecule has 0 bridgehead atoms. The van der Waals surface area contributed by atoms with Gasteiger partial charge in [-0.2, -0.15) is 0 Å². The molecule has 3 rings (SSSR count). The Hall–Kier alpha value is -1.99. The zero-order chi connectivity index (χ0) is 18.5. The molecule has 1 heterocycles. The van der Waals surface area contributed by atoms with Crippen LogP contribution in [0.3, 0.4) is 0 Å². The molecule has 2 aromatic rings. The molecule has 7 heteroatoms. The minimum Gasteiger partial charge on any atom is -0.480 e. The Balaban J connectivity index is 1.75. The van der Waals surface area contributed by atoms with Crippen LogP contribution in [0, 0.1) is 5.82 Å². The number of hydrogen-bond acceptors (Lipinski definition) is 4. The van der Waals surface area contributed by atoms with E-state index in [-0.39, 0.29) is 18.3 Å². The lowest BCUT2D eigenvalue weighted by atomic mass is 10.1. The van der Waals surface area contributed by atoms with E-state index < -0.39 is 12.5 Å². The number of hydrogen-bond donors (Lipinski definition) is 1. The van der Waals surface area contributed by atoms with Gasteiger partial charge in [0.1, 0.15) is 12.4 Å². The zero-order valence-electron chi connectivity index (χ0n) is 13.9. The van der Waals surface area contributed by atoms with E-state index in [1.54, 1.807) is 24.3 Å². The summed E-state index contributed by atoms with van der Waals surface area (Å²) in [4.78, 5) is 25.2. The SMILES string of the molecule is O=C(O)CN(Cc1ccc(F)cc1)C(=O)c1ccc(C2SCCS2)cc1. The molecule has 1 N–H and O–H groups in total. The fourth-order valence-electron chi connectivity index (χ4n) is 2.69. The predicted octanol–water partition coefficient (Wildman–Crippen LogP) is 4.03. The second kappa shape index (κ2) is 8.60. The van der Waals surface area contributed by atoms with Crippen molar-refractivity contribution in [1.29, 1.82) is 0 Å². The van der Waals surface area contributed by atoms with E-state index in [4.69, 9.17) is 5.11 Å². The van der Waals surface area contributed by atoms with E-state index in [0.717, 1.165) is 17.1 Å². The molecule has 1 aliphatic heterocycles. The second-order valence-corrected chi connectivity index (χ2v) is 8.60. The van der Waals surface area contributed by atoms with Crippen LogP contribution in [0.5, 0.6) is 0 Å². The van der Waals surface area contributed by atoms with Gasteiger partial charge in [-0.1, -0.05) is 24.3 Å². The third-order valence-corrected chi connectivity index (χ3v) is 7.06. The van der Waals surface area contributed by atoms with Gasteiger partial charge in [0.2, 0.25) is 0 Å². The highest BCUT2D eigenvalue weighted by Crippen LogP contribution is 2.45. The first-order valence-corrected chi connectivity index (χ1v) is 10.2. The van der Waals surface area contributed by atoms with Crippen molar-refractivity contribution in [3.8, 4) is 0 Å². The number of benzene rings is 2. The van der Waals surface area contributed by atoms with Gasteiger partial charge in [-0.05, 0) is 35.4 Å². The van der Waals surface area contributed by atoms with Crippen LogP contribution in [0.2, 0.25) is 0 Å². The van der Waals surface area contributed by atoms with E-state index >= 15 is 0 Å². The highest BCUT2D eigenvalue weighted by Gasteiger charge is 2.21. The standard InChI is InChI=1S/C19H18FNO3S2/c20-16-7-1-13(2-8-16)11-21(12-17(22)23)18(24)14-3-5-15(6-4-14)19-25-9-10-26-19/h1-8,19H,9-12H2,(H,22,23). The number of nitrogens with zero attached hydrogens (tertiary/aromatic N) is 1. The second-order valence-electron chi connectivity index (χ2n) is 5.88. The van der Waals surface area contributed by atoms with E-state index in [0.29, 0.717) is 15.7 Å². The van der Waals surface area contributed by atoms with Crippen molar-refractivity contribution < 1.29 is 19.1 Å². The summed E-state index contributed by atoms with van der Waals surface area (Å²) in [5, 5.41) is 9.13. The van der Waals surface area contributed by atoms with Crippen molar-refractivity contribution in [2.75, 3.05) is 18.1 Å². The smallest absolute Gasteiger partial charge is 0.323 e. The number of rotatable bonds is 6. The minimum absolute atomic E-state index is 0.113. The maximum absolute atomic E-state index is 13.0. The van der Waals surface area contributed by atoms with Crippen LogP contribution in [-0.4, -0.2) is 39.9 Å². The summed E-state index contributed by atoms with van der Waals surface area (Å²) in [6, 6.07) is 13.0. The first-order chi connectivity index (χ1) is 12.5. The minimum atomic E-state index is -1.09. The Morgan fingerprint density at radius 1 is 1.04 bits per heavy atom. The molecular weight excluding hydrogens is 373 g/mol. The molecule has 1 saturated heterocycles. The summed E-state index contributed by atoms with van der Waals surface area (Å²) in [5.41, 5.74) is 2.29. The Morgan fingerprint density at radius 2 is 1.65 bits per heavy atom. The van der Waals surface area contributed by atoms with Crippen LogP contribution >= 0.6 is 23.5 Å². The molecule has 136 valence electrons. The molecule has 4 nitrogen and oxygen atoms in total. The van der Waals surface area contributed by atoms with E-state index in [1.165, 1.54) is 17.0 Å². The first kappa shape index (κ1) is 18.8. The lowest BCUT2D eigenvalue weighted by Gasteiger charge is -2.21. The highest BCUT2D eigenvalue weighted by molar-refractivity contribution is 8.19. The summed E-state index contributed by atoms with van der Waals surface area (Å²) in [6.45, 7) is -0.298. The van der Waals surface area contributed by atoms with Crippen LogP contribution in [-0.2, 0) is 11.3 Å². The van der Waals surface area contributed by atoms with Gasteiger partial charge in [0.15, 0.2) is 0 Å². The van der Waals surface area contributed by atoms with Gasteiger partial charge in [0.25, 0.3) is 5.91 Å². The summed E-state index contributed by atoms with van der Waals surface area (Å²) in [7, 11) is 0. The molecule has 0 spiro atoms. The van der Waals surface area contributed by atoms with Crippen molar-refractivity contribution in [1.82, 2.24) is 4.90 Å². The maximum atomic E-state index is 13.0. The van der Waals surface area contributed by atoms with Gasteiger partial charge in [-0.15, -0.1) is 23.5 Å². The van der Waals surface area contributed by atoms with Crippen LogP contribution in [0.1, 0.15) is 26.1 Å². The molecule has 0 atom stereocenters. The molecule has 1 amide bonds. The van der Waals surface area contributed by atoms with Gasteiger partial charge in [0, 0.05) is 23.6 Å². The van der Waals surface area contributed by atoms with E-state index in [2.05, 4.69) is 0 Å². The van der Waals surface area contributed by atoms with E-state index in [1.807, 2.05) is 35.7 Å². The Bertz CT molecular complexity index is 774. The lowest BCUT2D eigenvalue weighted by molar-refractivity contribution is -0.137. The Kier molecular flexibility index (Phi) is 6.21. The zero-order valence-corrected chi connectivity index (χ0v) is 15.6. The third-order valence-electron chi connectivity index (χ3n) is 3.95. The van der Waals surface area contributed by atoms with Gasteiger partial charge in [-0.25, -0.2) is 4.39 Å².